The highest BCUT2D eigenvalue weighted by molar-refractivity contribution is 7.16. The van der Waals surface area contributed by atoms with Crippen LogP contribution in [0.25, 0.3) is 0 Å². The summed E-state index contributed by atoms with van der Waals surface area (Å²) in [5.41, 5.74) is 0.925. The van der Waals surface area contributed by atoms with Crippen molar-refractivity contribution < 1.29 is 5.11 Å². The molecule has 0 radical (unpaired) electrons. The minimum absolute atomic E-state index is 0.142. The molecular weight excluding hydrogens is 268 g/mol. The number of thiophene rings is 1. The first-order chi connectivity index (χ1) is 8.65. The normalized spacial score (nSPS) is 25.7. The van der Waals surface area contributed by atoms with E-state index in [-0.39, 0.29) is 6.61 Å². The van der Waals surface area contributed by atoms with Crippen LogP contribution in [0.1, 0.15) is 42.0 Å². The summed E-state index contributed by atoms with van der Waals surface area (Å²) in [4.78, 5) is 1.19. The van der Waals surface area contributed by atoms with Gasteiger partial charge in [-0.3, -0.25) is 0 Å². The number of rotatable bonds is 3. The molecule has 0 amide bonds. The molecule has 1 aliphatic heterocycles. The summed E-state index contributed by atoms with van der Waals surface area (Å²) in [7, 11) is 0. The number of halogens is 1. The van der Waals surface area contributed by atoms with Crippen LogP contribution in [0.15, 0.2) is 6.07 Å². The van der Waals surface area contributed by atoms with Gasteiger partial charge in [0.15, 0.2) is 0 Å². The van der Waals surface area contributed by atoms with E-state index in [1.54, 1.807) is 11.3 Å². The first-order valence-corrected chi connectivity index (χ1v) is 7.38. The molecule has 5 heteroatoms. The van der Waals surface area contributed by atoms with Crippen LogP contribution in [-0.2, 0) is 0 Å². The van der Waals surface area contributed by atoms with Crippen LogP contribution < -0.4 is 5.32 Å². The summed E-state index contributed by atoms with van der Waals surface area (Å²) >= 11 is 7.65. The predicted octanol–water partition coefficient (Wildman–Crippen LogP) is 2.86. The Hall–Kier alpha value is -0.600. The number of piperidine rings is 1. The summed E-state index contributed by atoms with van der Waals surface area (Å²) in [6.07, 6.45) is 2.13. The van der Waals surface area contributed by atoms with E-state index in [9.17, 15) is 5.11 Å². The SMILES string of the molecule is CC1CC(c2sc(Cl)cc2C(C#N)CO)CCN1. The highest BCUT2D eigenvalue weighted by Crippen LogP contribution is 2.40. The zero-order valence-electron chi connectivity index (χ0n) is 10.3. The first kappa shape index (κ1) is 13.8. The quantitative estimate of drug-likeness (QED) is 0.897. The molecule has 0 aliphatic carbocycles. The van der Waals surface area contributed by atoms with Crippen molar-refractivity contribution in [3.8, 4) is 6.07 Å². The minimum Gasteiger partial charge on any atom is -0.395 e. The Morgan fingerprint density at radius 3 is 3.11 bits per heavy atom. The fraction of sp³-hybridized carbons (Fsp3) is 0.615. The standard InChI is InChI=1S/C13H17ClN2OS/c1-8-4-9(2-3-16-8)13-11(5-12(14)18-13)10(6-15)7-17/h5,8-10,16-17H,2-4,7H2,1H3. The first-order valence-electron chi connectivity index (χ1n) is 6.18. The second-order valence-corrected chi connectivity index (χ2v) is 6.53. The lowest BCUT2D eigenvalue weighted by molar-refractivity contribution is 0.285. The molecule has 3 unspecified atom stereocenters. The fourth-order valence-electron chi connectivity index (χ4n) is 2.56. The summed E-state index contributed by atoms with van der Waals surface area (Å²) in [6, 6.07) is 4.49. The molecule has 18 heavy (non-hydrogen) atoms. The van der Waals surface area contributed by atoms with Gasteiger partial charge in [0.25, 0.3) is 0 Å². The van der Waals surface area contributed by atoms with Gasteiger partial charge in [-0.15, -0.1) is 11.3 Å². The zero-order chi connectivity index (χ0) is 13.1. The summed E-state index contributed by atoms with van der Waals surface area (Å²) < 4.78 is 0.708. The fourth-order valence-corrected chi connectivity index (χ4v) is 4.02. The van der Waals surface area contributed by atoms with Crippen molar-refractivity contribution in [2.24, 2.45) is 0 Å². The molecule has 2 N–H and O–H groups in total. The molecule has 2 heterocycles. The van der Waals surface area contributed by atoms with Gasteiger partial charge >= 0.3 is 0 Å². The van der Waals surface area contributed by atoms with Gasteiger partial charge in [0.2, 0.25) is 0 Å². The maximum Gasteiger partial charge on any atom is 0.0954 e. The van der Waals surface area contributed by atoms with Gasteiger partial charge in [-0.25, -0.2) is 0 Å². The van der Waals surface area contributed by atoms with Crippen molar-refractivity contribution in [2.45, 2.75) is 37.6 Å². The maximum atomic E-state index is 9.29. The molecule has 0 spiro atoms. The third-order valence-corrected chi connectivity index (χ3v) is 4.91. The zero-order valence-corrected chi connectivity index (χ0v) is 11.9. The Balaban J connectivity index is 2.29. The van der Waals surface area contributed by atoms with Gasteiger partial charge in [0.05, 0.1) is 22.9 Å². The summed E-state index contributed by atoms with van der Waals surface area (Å²) in [5.74, 6) is 0.00471. The molecule has 1 aromatic heterocycles. The van der Waals surface area contributed by atoms with Gasteiger partial charge in [-0.05, 0) is 43.9 Å². The molecule has 0 aromatic carbocycles. The van der Waals surface area contributed by atoms with E-state index in [0.717, 1.165) is 24.9 Å². The average Bonchev–Trinajstić information content (AvgIpc) is 2.73. The highest BCUT2D eigenvalue weighted by atomic mass is 35.5. The van der Waals surface area contributed by atoms with Crippen molar-refractivity contribution in [3.63, 3.8) is 0 Å². The van der Waals surface area contributed by atoms with Gasteiger partial charge in [-0.2, -0.15) is 5.26 Å². The van der Waals surface area contributed by atoms with Crippen LogP contribution in [-0.4, -0.2) is 24.3 Å². The molecule has 0 saturated carbocycles. The van der Waals surface area contributed by atoms with Crippen molar-refractivity contribution >= 4 is 22.9 Å². The summed E-state index contributed by atoms with van der Waals surface area (Å²) in [5, 5.41) is 21.8. The molecule has 3 atom stereocenters. The number of hydrogen-bond acceptors (Lipinski definition) is 4. The molecule has 1 fully saturated rings. The molecule has 98 valence electrons. The van der Waals surface area contributed by atoms with E-state index in [1.807, 2.05) is 6.07 Å². The Kier molecular flexibility index (Phi) is 4.63. The van der Waals surface area contributed by atoms with Gasteiger partial charge < -0.3 is 10.4 Å². The smallest absolute Gasteiger partial charge is 0.0954 e. The van der Waals surface area contributed by atoms with E-state index in [0.29, 0.717) is 16.3 Å². The van der Waals surface area contributed by atoms with Crippen molar-refractivity contribution in [3.05, 3.63) is 20.8 Å². The lowest BCUT2D eigenvalue weighted by Gasteiger charge is -2.28. The Morgan fingerprint density at radius 1 is 1.72 bits per heavy atom. The van der Waals surface area contributed by atoms with Crippen LogP contribution in [0.3, 0.4) is 0 Å². The monoisotopic (exact) mass is 284 g/mol. The van der Waals surface area contributed by atoms with Gasteiger partial charge in [0.1, 0.15) is 0 Å². The Labute approximate surface area is 116 Å². The third-order valence-electron chi connectivity index (χ3n) is 3.47. The van der Waals surface area contributed by atoms with Crippen LogP contribution >= 0.6 is 22.9 Å². The molecule has 3 nitrogen and oxygen atoms in total. The van der Waals surface area contributed by atoms with Crippen molar-refractivity contribution in [2.75, 3.05) is 13.2 Å². The average molecular weight is 285 g/mol. The van der Waals surface area contributed by atoms with Crippen LogP contribution in [0.4, 0.5) is 0 Å². The number of aliphatic hydroxyl groups is 1. The molecular formula is C13H17ClN2OS. The van der Waals surface area contributed by atoms with E-state index in [2.05, 4.69) is 18.3 Å². The Morgan fingerprint density at radius 2 is 2.50 bits per heavy atom. The van der Waals surface area contributed by atoms with E-state index in [1.165, 1.54) is 4.88 Å². The van der Waals surface area contributed by atoms with Crippen LogP contribution in [0, 0.1) is 11.3 Å². The van der Waals surface area contributed by atoms with E-state index < -0.39 is 5.92 Å². The predicted molar refractivity (Wildman–Crippen MR) is 74.2 cm³/mol. The largest absolute Gasteiger partial charge is 0.395 e. The molecule has 1 aliphatic rings. The second-order valence-electron chi connectivity index (χ2n) is 4.81. The summed E-state index contributed by atoms with van der Waals surface area (Å²) in [6.45, 7) is 3.03. The molecule has 1 aromatic rings. The van der Waals surface area contributed by atoms with Crippen LogP contribution in [0.5, 0.6) is 0 Å². The highest BCUT2D eigenvalue weighted by Gasteiger charge is 2.27. The minimum atomic E-state index is -0.450. The second kappa shape index (κ2) is 6.03. The maximum absolute atomic E-state index is 9.29. The lowest BCUT2D eigenvalue weighted by atomic mass is 9.87. The lowest BCUT2D eigenvalue weighted by Crippen LogP contribution is -2.34. The number of aliphatic hydroxyl groups excluding tert-OH is 1. The number of nitrogens with zero attached hydrogens (tertiary/aromatic N) is 1. The van der Waals surface area contributed by atoms with E-state index in [4.69, 9.17) is 16.9 Å². The number of nitrogens with one attached hydrogen (secondary N) is 1. The topological polar surface area (TPSA) is 56.0 Å². The molecule has 1 saturated heterocycles. The number of nitriles is 1. The Bertz CT molecular complexity index is 454. The number of hydrogen-bond donors (Lipinski definition) is 2. The van der Waals surface area contributed by atoms with Crippen molar-refractivity contribution in [1.29, 1.82) is 5.26 Å². The molecule has 0 bridgehead atoms. The van der Waals surface area contributed by atoms with Crippen molar-refractivity contribution in [1.82, 2.24) is 5.32 Å². The van der Waals surface area contributed by atoms with Gasteiger partial charge in [0, 0.05) is 10.9 Å². The molecule has 2 rings (SSSR count). The van der Waals surface area contributed by atoms with Crippen LogP contribution in [0.2, 0.25) is 4.34 Å². The third kappa shape index (κ3) is 2.86. The van der Waals surface area contributed by atoms with E-state index >= 15 is 0 Å². The van der Waals surface area contributed by atoms with Gasteiger partial charge in [-0.1, -0.05) is 11.6 Å².